The second-order valence-corrected chi connectivity index (χ2v) is 7.12. The average molecular weight is 287 g/mol. The third-order valence-electron chi connectivity index (χ3n) is 3.61. The van der Waals surface area contributed by atoms with E-state index in [9.17, 15) is 15.0 Å². The van der Waals surface area contributed by atoms with Gasteiger partial charge in [0.2, 0.25) is 0 Å². The number of likely N-dealkylation sites (tertiary alicyclic amines) is 1. The maximum atomic E-state index is 12.4. The number of ether oxygens (including phenoxy) is 1. The second kappa shape index (κ2) is 6.41. The predicted molar refractivity (Wildman–Crippen MR) is 77.3 cm³/mol. The first kappa shape index (κ1) is 17.4. The van der Waals surface area contributed by atoms with Crippen LogP contribution >= 0.6 is 0 Å². The molecule has 1 fully saturated rings. The third kappa shape index (κ3) is 4.72. The van der Waals surface area contributed by atoms with Gasteiger partial charge in [0.1, 0.15) is 5.60 Å². The van der Waals surface area contributed by atoms with Crippen molar-refractivity contribution in [2.24, 2.45) is 5.41 Å². The van der Waals surface area contributed by atoms with E-state index in [1.165, 1.54) is 6.92 Å². The first-order valence-corrected chi connectivity index (χ1v) is 7.35. The Kier molecular flexibility index (Phi) is 5.58. The predicted octanol–water partition coefficient (Wildman–Crippen LogP) is 1.17. The summed E-state index contributed by atoms with van der Waals surface area (Å²) in [6.45, 7) is 10.2. The van der Waals surface area contributed by atoms with Crippen molar-refractivity contribution in [3.05, 3.63) is 0 Å². The molecule has 5 nitrogen and oxygen atoms in total. The quantitative estimate of drug-likeness (QED) is 0.769. The molecule has 0 bridgehead atoms. The molecular formula is C15H29NO4. The largest absolute Gasteiger partial charge is 0.396 e. The molecule has 20 heavy (non-hydrogen) atoms. The standard InChI is InChI=1S/C15H29NO4/c1-11(2)20-12-6-7-16(8-12)13(18)15(5,19)9-14(3,4)10-17/h11-12,17,19H,6-10H2,1-5H3. The molecule has 118 valence electrons. The number of aliphatic hydroxyl groups excluding tert-OH is 1. The zero-order valence-electron chi connectivity index (χ0n) is 13.3. The smallest absolute Gasteiger partial charge is 0.254 e. The molecule has 1 aliphatic heterocycles. The molecule has 2 N–H and O–H groups in total. The van der Waals surface area contributed by atoms with Crippen molar-refractivity contribution < 1.29 is 19.7 Å². The van der Waals surface area contributed by atoms with Crippen LogP contribution in [0.5, 0.6) is 0 Å². The van der Waals surface area contributed by atoms with Crippen LogP contribution in [0.25, 0.3) is 0 Å². The zero-order chi connectivity index (χ0) is 15.6. The molecule has 0 aromatic rings. The fourth-order valence-electron chi connectivity index (χ4n) is 2.81. The monoisotopic (exact) mass is 287 g/mol. The Morgan fingerprint density at radius 3 is 2.50 bits per heavy atom. The molecule has 1 amide bonds. The maximum Gasteiger partial charge on any atom is 0.254 e. The SMILES string of the molecule is CC(C)OC1CCN(C(=O)C(C)(O)CC(C)(C)CO)C1. The van der Waals surface area contributed by atoms with Crippen LogP contribution in [-0.2, 0) is 9.53 Å². The highest BCUT2D eigenvalue weighted by Crippen LogP contribution is 2.30. The second-order valence-electron chi connectivity index (χ2n) is 7.12. The Labute approximate surface area is 121 Å². The van der Waals surface area contributed by atoms with E-state index in [2.05, 4.69) is 0 Å². The van der Waals surface area contributed by atoms with Crippen LogP contribution in [0.15, 0.2) is 0 Å². The zero-order valence-corrected chi connectivity index (χ0v) is 13.3. The van der Waals surface area contributed by atoms with Gasteiger partial charge < -0.3 is 19.8 Å². The lowest BCUT2D eigenvalue weighted by Gasteiger charge is -2.34. The molecule has 1 saturated heterocycles. The van der Waals surface area contributed by atoms with Gasteiger partial charge in [0.15, 0.2) is 0 Å². The summed E-state index contributed by atoms with van der Waals surface area (Å²) >= 11 is 0. The Bertz CT molecular complexity index is 339. The number of carbonyl (C=O) groups is 1. The molecule has 0 spiro atoms. The highest BCUT2D eigenvalue weighted by atomic mass is 16.5. The Balaban J connectivity index is 2.61. The normalized spacial score (nSPS) is 23.2. The van der Waals surface area contributed by atoms with Crippen molar-refractivity contribution in [3.8, 4) is 0 Å². The Morgan fingerprint density at radius 1 is 1.40 bits per heavy atom. The van der Waals surface area contributed by atoms with Gasteiger partial charge in [0.05, 0.1) is 12.2 Å². The molecule has 5 heteroatoms. The molecule has 0 aromatic carbocycles. The molecular weight excluding hydrogens is 258 g/mol. The van der Waals surface area contributed by atoms with E-state index in [1.54, 1.807) is 4.90 Å². The van der Waals surface area contributed by atoms with Crippen LogP contribution in [0.3, 0.4) is 0 Å². The van der Waals surface area contributed by atoms with E-state index in [-0.39, 0.29) is 31.1 Å². The Morgan fingerprint density at radius 2 is 2.00 bits per heavy atom. The Hall–Kier alpha value is -0.650. The molecule has 0 aromatic heterocycles. The van der Waals surface area contributed by atoms with Crippen LogP contribution < -0.4 is 0 Å². The van der Waals surface area contributed by atoms with Gasteiger partial charge in [0.25, 0.3) is 5.91 Å². The summed E-state index contributed by atoms with van der Waals surface area (Å²) in [6.07, 6.45) is 1.25. The van der Waals surface area contributed by atoms with Crippen molar-refractivity contribution in [2.75, 3.05) is 19.7 Å². The van der Waals surface area contributed by atoms with Crippen molar-refractivity contribution in [1.82, 2.24) is 4.90 Å². The van der Waals surface area contributed by atoms with E-state index in [0.29, 0.717) is 13.1 Å². The van der Waals surface area contributed by atoms with Gasteiger partial charge in [-0.05, 0) is 39.0 Å². The van der Waals surface area contributed by atoms with E-state index in [0.717, 1.165) is 6.42 Å². The highest BCUT2D eigenvalue weighted by molar-refractivity contribution is 5.84. The van der Waals surface area contributed by atoms with Gasteiger partial charge in [-0.1, -0.05) is 13.8 Å². The first-order valence-electron chi connectivity index (χ1n) is 7.35. The van der Waals surface area contributed by atoms with Crippen molar-refractivity contribution in [1.29, 1.82) is 0 Å². The fraction of sp³-hybridized carbons (Fsp3) is 0.933. The summed E-state index contributed by atoms with van der Waals surface area (Å²) in [5, 5.41) is 19.7. The van der Waals surface area contributed by atoms with Crippen LogP contribution in [0, 0.1) is 5.41 Å². The molecule has 1 heterocycles. The number of aliphatic hydroxyl groups is 2. The number of nitrogens with zero attached hydrogens (tertiary/aromatic N) is 1. The minimum Gasteiger partial charge on any atom is -0.396 e. The lowest BCUT2D eigenvalue weighted by atomic mass is 9.81. The minimum absolute atomic E-state index is 0.0561. The molecule has 1 aliphatic rings. The van der Waals surface area contributed by atoms with E-state index in [1.807, 2.05) is 27.7 Å². The lowest BCUT2D eigenvalue weighted by molar-refractivity contribution is -0.152. The summed E-state index contributed by atoms with van der Waals surface area (Å²) in [5.41, 5.74) is -1.92. The number of rotatable bonds is 6. The molecule has 0 aliphatic carbocycles. The number of amides is 1. The van der Waals surface area contributed by atoms with Gasteiger partial charge in [0, 0.05) is 19.7 Å². The van der Waals surface area contributed by atoms with Crippen LogP contribution in [0.2, 0.25) is 0 Å². The van der Waals surface area contributed by atoms with Crippen molar-refractivity contribution in [3.63, 3.8) is 0 Å². The number of carbonyl (C=O) groups excluding carboxylic acids is 1. The first-order chi connectivity index (χ1) is 9.07. The lowest BCUT2D eigenvalue weighted by Crippen LogP contribution is -2.49. The van der Waals surface area contributed by atoms with Gasteiger partial charge in [-0.15, -0.1) is 0 Å². The van der Waals surface area contributed by atoms with Crippen LogP contribution in [-0.4, -0.2) is 58.5 Å². The molecule has 0 saturated carbocycles. The van der Waals surface area contributed by atoms with Gasteiger partial charge in [-0.2, -0.15) is 0 Å². The van der Waals surface area contributed by atoms with E-state index >= 15 is 0 Å². The minimum atomic E-state index is -1.45. The molecule has 2 unspecified atom stereocenters. The highest BCUT2D eigenvalue weighted by Gasteiger charge is 2.41. The molecule has 2 atom stereocenters. The van der Waals surface area contributed by atoms with Crippen LogP contribution in [0.4, 0.5) is 0 Å². The van der Waals surface area contributed by atoms with Crippen LogP contribution in [0.1, 0.15) is 47.5 Å². The maximum absolute atomic E-state index is 12.4. The fourth-order valence-corrected chi connectivity index (χ4v) is 2.81. The average Bonchev–Trinajstić information content (AvgIpc) is 2.74. The topological polar surface area (TPSA) is 70.0 Å². The summed E-state index contributed by atoms with van der Waals surface area (Å²) in [6, 6.07) is 0. The van der Waals surface area contributed by atoms with Crippen molar-refractivity contribution >= 4 is 5.91 Å². The van der Waals surface area contributed by atoms with Gasteiger partial charge >= 0.3 is 0 Å². The number of hydrogen-bond donors (Lipinski definition) is 2. The molecule has 0 radical (unpaired) electrons. The summed E-state index contributed by atoms with van der Waals surface area (Å²) < 4.78 is 5.71. The van der Waals surface area contributed by atoms with Gasteiger partial charge in [-0.25, -0.2) is 0 Å². The van der Waals surface area contributed by atoms with Crippen molar-refractivity contribution in [2.45, 2.75) is 65.3 Å². The molecule has 1 rings (SSSR count). The van der Waals surface area contributed by atoms with E-state index < -0.39 is 11.0 Å². The number of hydrogen-bond acceptors (Lipinski definition) is 4. The van der Waals surface area contributed by atoms with Gasteiger partial charge in [-0.3, -0.25) is 4.79 Å². The summed E-state index contributed by atoms with van der Waals surface area (Å²) in [5.74, 6) is -0.270. The summed E-state index contributed by atoms with van der Waals surface area (Å²) in [4.78, 5) is 14.1. The third-order valence-corrected chi connectivity index (χ3v) is 3.61. The van der Waals surface area contributed by atoms with E-state index in [4.69, 9.17) is 4.74 Å². The summed E-state index contributed by atoms with van der Waals surface area (Å²) in [7, 11) is 0.